The molecule has 31 heavy (non-hydrogen) atoms. The largest absolute Gasteiger partial charge is 0.416 e. The molecule has 2 aliphatic rings. The summed E-state index contributed by atoms with van der Waals surface area (Å²) in [5.74, 6) is -1.50. The van der Waals surface area contributed by atoms with Gasteiger partial charge in [-0.2, -0.15) is 18.4 Å². The first kappa shape index (κ1) is 21.4. The van der Waals surface area contributed by atoms with Crippen molar-refractivity contribution in [3.8, 4) is 6.07 Å². The van der Waals surface area contributed by atoms with Gasteiger partial charge in [0, 0.05) is 17.7 Å². The molecule has 1 atom stereocenters. The lowest BCUT2D eigenvalue weighted by Crippen LogP contribution is -2.39. The maximum atomic E-state index is 13.8. The molecular weight excluding hydrogens is 447 g/mol. The van der Waals surface area contributed by atoms with Gasteiger partial charge in [0.25, 0.3) is 0 Å². The van der Waals surface area contributed by atoms with Crippen LogP contribution in [-0.2, 0) is 11.0 Å². The van der Waals surface area contributed by atoms with Gasteiger partial charge in [0.05, 0.1) is 23.1 Å². The van der Waals surface area contributed by atoms with Crippen LogP contribution in [0.15, 0.2) is 51.3 Å². The maximum absolute atomic E-state index is 13.8. The number of alkyl halides is 3. The summed E-state index contributed by atoms with van der Waals surface area (Å²) in [6.07, 6.45) is -1.65. The molecule has 1 unspecified atom stereocenters. The number of aromatic nitrogens is 2. The summed E-state index contributed by atoms with van der Waals surface area (Å²) in [7, 11) is 0. The molecule has 0 bridgehead atoms. The minimum Gasteiger partial charge on any atom is -0.384 e. The van der Waals surface area contributed by atoms with Gasteiger partial charge < -0.3 is 5.73 Å². The number of anilines is 1. The van der Waals surface area contributed by atoms with Crippen LogP contribution in [0.5, 0.6) is 0 Å². The number of ketones is 1. The average Bonchev–Trinajstić information content (AvgIpc) is 3.21. The second kappa shape index (κ2) is 8.01. The molecule has 0 saturated carbocycles. The van der Waals surface area contributed by atoms with Crippen molar-refractivity contribution in [2.24, 2.45) is 5.73 Å². The number of carbonyl (C=O) groups excluding carboxylic acids is 1. The van der Waals surface area contributed by atoms with Gasteiger partial charge in [-0.15, -0.1) is 10.2 Å². The Morgan fingerprint density at radius 2 is 2.03 bits per heavy atom. The molecular formula is C20H16F3N5OS2. The predicted octanol–water partition coefficient (Wildman–Crippen LogP) is 4.58. The standard InChI is InChI=1S/C20H16F3N5OS2/c1-30-19-27-26-18(31-19)28-13-7-4-8-14(29)16(13)15(11(9-24)17(28)25)10-5-2-3-6-12(10)20(21,22)23/h2-3,5-6,15H,4,7-8,25H2,1H3. The van der Waals surface area contributed by atoms with Gasteiger partial charge >= 0.3 is 6.18 Å². The summed E-state index contributed by atoms with van der Waals surface area (Å²) in [6, 6.07) is 6.97. The lowest BCUT2D eigenvalue weighted by molar-refractivity contribution is -0.138. The van der Waals surface area contributed by atoms with E-state index >= 15 is 0 Å². The molecule has 160 valence electrons. The molecule has 11 heteroatoms. The van der Waals surface area contributed by atoms with E-state index in [1.165, 1.54) is 46.2 Å². The molecule has 0 amide bonds. The van der Waals surface area contributed by atoms with Crippen LogP contribution in [-0.4, -0.2) is 22.2 Å². The normalized spacial score (nSPS) is 19.5. The third-order valence-electron chi connectivity index (χ3n) is 5.25. The number of hydrogen-bond donors (Lipinski definition) is 1. The Bertz CT molecular complexity index is 1160. The molecule has 0 saturated heterocycles. The Hall–Kier alpha value is -2.84. The Kier molecular flexibility index (Phi) is 5.53. The van der Waals surface area contributed by atoms with E-state index in [0.717, 1.165) is 6.07 Å². The van der Waals surface area contributed by atoms with Gasteiger partial charge in [0.15, 0.2) is 10.1 Å². The van der Waals surface area contributed by atoms with Gasteiger partial charge in [-0.3, -0.25) is 9.69 Å². The van der Waals surface area contributed by atoms with E-state index < -0.39 is 17.7 Å². The Morgan fingerprint density at radius 1 is 1.29 bits per heavy atom. The lowest BCUT2D eigenvalue weighted by atomic mass is 9.74. The predicted molar refractivity (Wildman–Crippen MR) is 111 cm³/mol. The van der Waals surface area contributed by atoms with Gasteiger partial charge in [-0.25, -0.2) is 0 Å². The molecule has 1 aromatic heterocycles. The zero-order chi connectivity index (χ0) is 22.3. The van der Waals surface area contributed by atoms with E-state index in [1.807, 2.05) is 12.3 Å². The van der Waals surface area contributed by atoms with Crippen LogP contribution in [0, 0.1) is 11.3 Å². The summed E-state index contributed by atoms with van der Waals surface area (Å²) >= 11 is 2.62. The second-order valence-corrected chi connectivity index (χ2v) is 8.97. The number of hydrogen-bond acceptors (Lipinski definition) is 8. The van der Waals surface area contributed by atoms with Crippen LogP contribution in [0.1, 0.15) is 36.3 Å². The second-order valence-electron chi connectivity index (χ2n) is 6.96. The average molecular weight is 464 g/mol. The number of nitriles is 1. The van der Waals surface area contributed by atoms with Gasteiger partial charge in [0.2, 0.25) is 5.13 Å². The molecule has 1 aliphatic carbocycles. The van der Waals surface area contributed by atoms with E-state index in [2.05, 4.69) is 10.2 Å². The SMILES string of the molecule is CSc1nnc(N2C(N)=C(C#N)C(c3ccccc3C(F)(F)F)C3=C2CCCC3=O)s1. The maximum Gasteiger partial charge on any atom is 0.416 e. The minimum atomic E-state index is -4.64. The van der Waals surface area contributed by atoms with Crippen molar-refractivity contribution in [3.05, 3.63) is 58.1 Å². The first-order chi connectivity index (χ1) is 14.8. The number of carbonyl (C=O) groups is 1. The number of nitrogens with two attached hydrogens (primary N) is 1. The summed E-state index contributed by atoms with van der Waals surface area (Å²) < 4.78 is 42.0. The fraction of sp³-hybridized carbons (Fsp3) is 0.300. The van der Waals surface area contributed by atoms with Crippen LogP contribution in [0.4, 0.5) is 18.3 Å². The summed E-state index contributed by atoms with van der Waals surface area (Å²) in [5.41, 5.74) is 5.86. The molecule has 6 nitrogen and oxygen atoms in total. The number of allylic oxidation sites excluding steroid dienone is 3. The van der Waals surface area contributed by atoms with Crippen molar-refractivity contribution in [2.45, 2.75) is 35.7 Å². The van der Waals surface area contributed by atoms with E-state index in [1.54, 1.807) is 0 Å². The van der Waals surface area contributed by atoms with Crippen LogP contribution in [0.2, 0.25) is 0 Å². The molecule has 1 aromatic carbocycles. The summed E-state index contributed by atoms with van der Waals surface area (Å²) in [4.78, 5) is 14.5. The van der Waals surface area contributed by atoms with E-state index in [4.69, 9.17) is 5.73 Å². The van der Waals surface area contributed by atoms with Crippen LogP contribution < -0.4 is 10.6 Å². The number of Topliss-reactive ketones (excluding diaryl/α,β-unsaturated/α-hetero) is 1. The van der Waals surface area contributed by atoms with Crippen molar-refractivity contribution in [3.63, 3.8) is 0 Å². The highest BCUT2D eigenvalue weighted by Crippen LogP contribution is 2.49. The zero-order valence-corrected chi connectivity index (χ0v) is 17.9. The van der Waals surface area contributed by atoms with Gasteiger partial charge in [-0.1, -0.05) is 41.3 Å². The first-order valence-electron chi connectivity index (χ1n) is 9.27. The quantitative estimate of drug-likeness (QED) is 0.666. The third kappa shape index (κ3) is 3.59. The number of benzene rings is 1. The van der Waals surface area contributed by atoms with E-state index in [0.29, 0.717) is 28.0 Å². The Morgan fingerprint density at radius 3 is 2.68 bits per heavy atom. The topological polar surface area (TPSA) is 95.9 Å². The molecule has 2 heterocycles. The smallest absolute Gasteiger partial charge is 0.384 e. The monoisotopic (exact) mass is 463 g/mol. The van der Waals surface area contributed by atoms with Crippen LogP contribution in [0.25, 0.3) is 0 Å². The number of nitrogens with zero attached hydrogens (tertiary/aromatic N) is 4. The fourth-order valence-corrected chi connectivity index (χ4v) is 5.30. The van der Waals surface area contributed by atoms with Crippen molar-refractivity contribution >= 4 is 34.0 Å². The Labute approximate surface area is 184 Å². The van der Waals surface area contributed by atoms with Crippen LogP contribution >= 0.6 is 23.1 Å². The molecule has 2 N–H and O–H groups in total. The number of thioether (sulfide) groups is 1. The van der Waals surface area contributed by atoms with Gasteiger partial charge in [0.1, 0.15) is 5.82 Å². The number of halogens is 3. The highest BCUT2D eigenvalue weighted by Gasteiger charge is 2.44. The molecule has 2 aromatic rings. The van der Waals surface area contributed by atoms with E-state index in [9.17, 15) is 23.2 Å². The molecule has 4 rings (SSSR count). The molecule has 1 aliphatic heterocycles. The minimum absolute atomic E-state index is 0.0262. The highest BCUT2D eigenvalue weighted by molar-refractivity contribution is 8.00. The van der Waals surface area contributed by atoms with Crippen molar-refractivity contribution in [2.75, 3.05) is 11.2 Å². The van der Waals surface area contributed by atoms with Crippen molar-refractivity contribution < 1.29 is 18.0 Å². The summed E-state index contributed by atoms with van der Waals surface area (Å²) in [6.45, 7) is 0. The van der Waals surface area contributed by atoms with E-state index in [-0.39, 0.29) is 34.7 Å². The molecule has 0 radical (unpaired) electrons. The molecule has 0 fully saturated rings. The van der Waals surface area contributed by atoms with Crippen molar-refractivity contribution in [1.29, 1.82) is 5.26 Å². The summed E-state index contributed by atoms with van der Waals surface area (Å²) in [5, 5.41) is 18.5. The molecule has 0 spiro atoms. The zero-order valence-electron chi connectivity index (χ0n) is 16.2. The highest BCUT2D eigenvalue weighted by atomic mass is 32.2. The van der Waals surface area contributed by atoms with Crippen molar-refractivity contribution in [1.82, 2.24) is 10.2 Å². The first-order valence-corrected chi connectivity index (χ1v) is 11.3. The van der Waals surface area contributed by atoms with Crippen LogP contribution in [0.3, 0.4) is 0 Å². The Balaban J connectivity index is 1.99. The van der Waals surface area contributed by atoms with Gasteiger partial charge in [-0.05, 0) is 30.7 Å². The number of rotatable bonds is 3. The fourth-order valence-electron chi connectivity index (χ4n) is 4.00. The lowest BCUT2D eigenvalue weighted by Gasteiger charge is -2.38. The third-order valence-corrected chi connectivity index (χ3v) is 7.14.